The van der Waals surface area contributed by atoms with E-state index < -0.39 is 0 Å². The van der Waals surface area contributed by atoms with Crippen LogP contribution < -0.4 is 15.0 Å². The molecule has 9 heteroatoms. The lowest BCUT2D eigenvalue weighted by molar-refractivity contribution is -0.113. The summed E-state index contributed by atoms with van der Waals surface area (Å²) in [6.45, 7) is 2.61. The topological polar surface area (TPSA) is 67.6 Å². The Morgan fingerprint density at radius 3 is 2.73 bits per heavy atom. The third-order valence-corrected chi connectivity index (χ3v) is 6.65. The van der Waals surface area contributed by atoms with Crippen molar-refractivity contribution in [2.24, 2.45) is 0 Å². The molecule has 3 heterocycles. The molecule has 6 nitrogen and oxygen atoms in total. The molecule has 5 rings (SSSR count). The highest BCUT2D eigenvalue weighted by Crippen LogP contribution is 2.37. The zero-order valence-corrected chi connectivity index (χ0v) is 18.9. The van der Waals surface area contributed by atoms with Gasteiger partial charge in [0.15, 0.2) is 5.82 Å². The molecule has 0 spiro atoms. The third-order valence-electron chi connectivity index (χ3n) is 4.89. The Hall–Kier alpha value is -2.55. The Bertz CT molecular complexity index is 1450. The largest absolute Gasteiger partial charge is 0.308 e. The van der Waals surface area contributed by atoms with E-state index in [0.29, 0.717) is 32.5 Å². The Labute approximate surface area is 188 Å². The van der Waals surface area contributed by atoms with Crippen LogP contribution in [0.4, 0.5) is 5.69 Å². The lowest BCUT2D eigenvalue weighted by Gasteiger charge is -2.15. The van der Waals surface area contributed by atoms with Crippen LogP contribution in [0.1, 0.15) is 18.9 Å². The number of hydrogen-bond donors (Lipinski definition) is 0. The molecule has 1 aliphatic heterocycles. The molecule has 0 saturated carbocycles. The van der Waals surface area contributed by atoms with Crippen LogP contribution in [-0.4, -0.2) is 27.0 Å². The SMILES string of the molecule is CCCN1C(=O)C(=c2sc3nc(-c4cccc(Cl)c4)nn3c2=O)c2cc(Br)ccc21. The second-order valence-corrected chi connectivity index (χ2v) is 9.20. The zero-order valence-electron chi connectivity index (χ0n) is 15.7. The van der Waals surface area contributed by atoms with Crippen molar-refractivity contribution < 1.29 is 4.79 Å². The van der Waals surface area contributed by atoms with Crippen molar-refractivity contribution in [3.63, 3.8) is 0 Å². The summed E-state index contributed by atoms with van der Waals surface area (Å²) >= 11 is 10.7. The maximum atomic E-state index is 13.2. The lowest BCUT2D eigenvalue weighted by Crippen LogP contribution is -2.32. The van der Waals surface area contributed by atoms with Crippen molar-refractivity contribution in [1.82, 2.24) is 14.6 Å². The predicted molar refractivity (Wildman–Crippen MR) is 122 cm³/mol. The van der Waals surface area contributed by atoms with Crippen LogP contribution in [0.2, 0.25) is 5.02 Å². The van der Waals surface area contributed by atoms with E-state index in [1.165, 1.54) is 15.9 Å². The summed E-state index contributed by atoms with van der Waals surface area (Å²) in [4.78, 5) is 33.1. The van der Waals surface area contributed by atoms with Gasteiger partial charge in [-0.25, -0.2) is 0 Å². The Morgan fingerprint density at radius 1 is 1.17 bits per heavy atom. The summed E-state index contributed by atoms with van der Waals surface area (Å²) in [6.07, 6.45) is 0.817. The zero-order chi connectivity index (χ0) is 21.0. The maximum absolute atomic E-state index is 13.2. The van der Waals surface area contributed by atoms with Gasteiger partial charge in [0, 0.05) is 27.2 Å². The van der Waals surface area contributed by atoms with Crippen LogP contribution >= 0.6 is 38.9 Å². The molecule has 0 fully saturated rings. The van der Waals surface area contributed by atoms with Gasteiger partial charge in [-0.05, 0) is 36.8 Å². The van der Waals surface area contributed by atoms with Gasteiger partial charge in [0.1, 0.15) is 4.53 Å². The van der Waals surface area contributed by atoms with E-state index in [9.17, 15) is 9.59 Å². The molecule has 150 valence electrons. The number of carbonyl (C=O) groups excluding carboxylic acids is 1. The minimum absolute atomic E-state index is 0.165. The van der Waals surface area contributed by atoms with Gasteiger partial charge in [0.2, 0.25) is 4.96 Å². The number of aromatic nitrogens is 3. The third kappa shape index (κ3) is 2.98. The van der Waals surface area contributed by atoms with E-state index in [0.717, 1.165) is 27.7 Å². The molecule has 0 aliphatic carbocycles. The first-order valence-electron chi connectivity index (χ1n) is 9.29. The summed E-state index contributed by atoms with van der Waals surface area (Å²) in [7, 11) is 0. The number of halogens is 2. The van der Waals surface area contributed by atoms with Crippen LogP contribution in [0.25, 0.3) is 21.9 Å². The summed E-state index contributed by atoms with van der Waals surface area (Å²) < 4.78 is 2.46. The average Bonchev–Trinajstić information content (AvgIpc) is 3.34. The second kappa shape index (κ2) is 7.30. The second-order valence-electron chi connectivity index (χ2n) is 6.87. The van der Waals surface area contributed by atoms with Crippen LogP contribution in [0, 0.1) is 0 Å². The Morgan fingerprint density at radius 2 is 2.00 bits per heavy atom. The van der Waals surface area contributed by atoms with Gasteiger partial charge in [-0.15, -0.1) is 5.10 Å². The van der Waals surface area contributed by atoms with Crippen molar-refractivity contribution in [2.75, 3.05) is 11.4 Å². The average molecular weight is 502 g/mol. The first-order chi connectivity index (χ1) is 14.5. The number of amides is 1. The van der Waals surface area contributed by atoms with Gasteiger partial charge >= 0.3 is 0 Å². The van der Waals surface area contributed by atoms with E-state index >= 15 is 0 Å². The molecule has 0 radical (unpaired) electrons. The van der Waals surface area contributed by atoms with Crippen molar-refractivity contribution in [2.45, 2.75) is 13.3 Å². The number of hydrogen-bond acceptors (Lipinski definition) is 5. The molecule has 1 aliphatic rings. The lowest BCUT2D eigenvalue weighted by atomic mass is 10.1. The standard InChI is InChI=1S/C21H14BrClN4O2S/c1-2-8-26-15-7-6-12(22)10-14(15)16(19(26)28)17-20(29)27-21(30-17)24-18(25-27)11-4-3-5-13(23)9-11/h3-7,9-10H,2,8H2,1H3. The smallest absolute Gasteiger partial charge is 0.291 e. The highest BCUT2D eigenvalue weighted by Gasteiger charge is 2.34. The van der Waals surface area contributed by atoms with E-state index in [1.807, 2.05) is 31.2 Å². The number of nitrogens with zero attached hydrogens (tertiary/aromatic N) is 4. The number of benzene rings is 2. The van der Waals surface area contributed by atoms with E-state index in [4.69, 9.17) is 11.6 Å². The fourth-order valence-corrected chi connectivity index (χ4v) is 5.15. The summed E-state index contributed by atoms with van der Waals surface area (Å²) in [5, 5.41) is 4.94. The van der Waals surface area contributed by atoms with Gasteiger partial charge in [0.25, 0.3) is 11.5 Å². The summed E-state index contributed by atoms with van der Waals surface area (Å²) in [5.41, 5.74) is 2.36. The molecule has 4 aromatic rings. The fraction of sp³-hybridized carbons (Fsp3) is 0.143. The Balaban J connectivity index is 1.74. The molecule has 0 atom stereocenters. The summed E-state index contributed by atoms with van der Waals surface area (Å²) in [6, 6.07) is 12.8. The molecule has 30 heavy (non-hydrogen) atoms. The number of anilines is 1. The maximum Gasteiger partial charge on any atom is 0.291 e. The molecule has 0 unspecified atom stereocenters. The monoisotopic (exact) mass is 500 g/mol. The van der Waals surface area contributed by atoms with E-state index in [1.54, 1.807) is 23.1 Å². The molecule has 0 N–H and O–H groups in total. The molecule has 2 aromatic carbocycles. The number of fused-ring (bicyclic) bond motifs is 2. The van der Waals surface area contributed by atoms with E-state index in [2.05, 4.69) is 26.0 Å². The van der Waals surface area contributed by atoms with Crippen molar-refractivity contribution >= 4 is 61.0 Å². The van der Waals surface area contributed by atoms with Gasteiger partial charge < -0.3 is 4.90 Å². The van der Waals surface area contributed by atoms with Crippen LogP contribution in [-0.2, 0) is 4.79 Å². The molecular weight excluding hydrogens is 488 g/mol. The number of carbonyl (C=O) groups is 1. The van der Waals surface area contributed by atoms with Crippen molar-refractivity contribution in [1.29, 1.82) is 0 Å². The Kier molecular flexibility index (Phi) is 4.72. The minimum atomic E-state index is -0.344. The van der Waals surface area contributed by atoms with Crippen LogP contribution in [0.5, 0.6) is 0 Å². The first kappa shape index (κ1) is 19.4. The highest BCUT2D eigenvalue weighted by atomic mass is 79.9. The first-order valence-corrected chi connectivity index (χ1v) is 11.3. The number of rotatable bonds is 3. The summed E-state index contributed by atoms with van der Waals surface area (Å²) in [5.74, 6) is 0.257. The van der Waals surface area contributed by atoms with Crippen molar-refractivity contribution in [3.05, 3.63) is 72.4 Å². The molecular formula is C21H14BrClN4O2S. The highest BCUT2D eigenvalue weighted by molar-refractivity contribution is 9.10. The predicted octanol–water partition coefficient (Wildman–Crippen LogP) is 3.91. The van der Waals surface area contributed by atoms with Crippen LogP contribution in [0.15, 0.2) is 51.7 Å². The minimum Gasteiger partial charge on any atom is -0.308 e. The molecule has 2 aromatic heterocycles. The normalized spacial score (nSPS) is 15.3. The van der Waals surface area contributed by atoms with Gasteiger partial charge in [0.05, 0.1) is 11.3 Å². The van der Waals surface area contributed by atoms with Crippen molar-refractivity contribution in [3.8, 4) is 11.4 Å². The molecule has 0 bridgehead atoms. The molecule has 0 saturated heterocycles. The van der Waals surface area contributed by atoms with Crippen LogP contribution in [0.3, 0.4) is 0 Å². The quantitative estimate of drug-likeness (QED) is 0.427. The van der Waals surface area contributed by atoms with E-state index in [-0.39, 0.29) is 11.5 Å². The van der Waals surface area contributed by atoms with Gasteiger partial charge in [-0.3, -0.25) is 9.59 Å². The van der Waals surface area contributed by atoms with Gasteiger partial charge in [-0.2, -0.15) is 9.50 Å². The van der Waals surface area contributed by atoms with Gasteiger partial charge in [-0.1, -0.05) is 57.9 Å². The number of thiazole rings is 1. The molecule has 1 amide bonds. The fourth-order valence-electron chi connectivity index (χ4n) is 3.60.